The highest BCUT2D eigenvalue weighted by Gasteiger charge is 2.15. The molecular formula is C20H16N8O3. The molecule has 4 rings (SSSR count). The van der Waals surface area contributed by atoms with Crippen molar-refractivity contribution in [2.24, 2.45) is 7.05 Å². The zero-order chi connectivity index (χ0) is 22.0. The van der Waals surface area contributed by atoms with Gasteiger partial charge in [0.25, 0.3) is 0 Å². The molecule has 1 N–H and O–H groups in total. The molecule has 11 nitrogen and oxygen atoms in total. The molecule has 4 aromatic rings. The maximum Gasteiger partial charge on any atom is 0.358 e. The van der Waals surface area contributed by atoms with Crippen molar-refractivity contribution in [2.45, 2.75) is 6.92 Å². The van der Waals surface area contributed by atoms with Crippen molar-refractivity contribution in [3.63, 3.8) is 0 Å². The Morgan fingerprint density at radius 3 is 2.74 bits per heavy atom. The number of imidazole rings is 1. The van der Waals surface area contributed by atoms with Gasteiger partial charge in [0.1, 0.15) is 17.3 Å². The van der Waals surface area contributed by atoms with Gasteiger partial charge in [-0.15, -0.1) is 10.2 Å². The minimum absolute atomic E-state index is 0.0959. The number of carbonyl (C=O) groups excluding carboxylic acids is 1. The van der Waals surface area contributed by atoms with Crippen molar-refractivity contribution in [1.29, 1.82) is 5.26 Å². The van der Waals surface area contributed by atoms with Gasteiger partial charge < -0.3 is 19.4 Å². The van der Waals surface area contributed by atoms with Crippen LogP contribution in [-0.4, -0.2) is 42.8 Å². The Kier molecular flexibility index (Phi) is 5.11. The number of aromatic nitrogens is 6. The molecule has 0 bridgehead atoms. The van der Waals surface area contributed by atoms with E-state index in [4.69, 9.17) is 10.00 Å². The van der Waals surface area contributed by atoms with Crippen molar-refractivity contribution >= 4 is 28.6 Å². The molecule has 0 spiro atoms. The molecule has 11 heteroatoms. The second kappa shape index (κ2) is 8.03. The third kappa shape index (κ3) is 3.95. The van der Waals surface area contributed by atoms with E-state index < -0.39 is 5.97 Å². The molecule has 0 radical (unpaired) electrons. The van der Waals surface area contributed by atoms with Gasteiger partial charge in [-0.3, -0.25) is 0 Å². The Hall–Kier alpha value is -4.59. The molecular weight excluding hydrogens is 400 g/mol. The van der Waals surface area contributed by atoms with E-state index in [-0.39, 0.29) is 5.69 Å². The summed E-state index contributed by atoms with van der Waals surface area (Å²) in [6.07, 6.45) is 3.11. The fourth-order valence-electron chi connectivity index (χ4n) is 2.80. The van der Waals surface area contributed by atoms with Crippen LogP contribution in [0.25, 0.3) is 11.2 Å². The van der Waals surface area contributed by atoms with Crippen molar-refractivity contribution in [1.82, 2.24) is 29.7 Å². The summed E-state index contributed by atoms with van der Waals surface area (Å²) in [7, 11) is 3.09. The van der Waals surface area contributed by atoms with Crippen molar-refractivity contribution in [3.8, 4) is 17.7 Å². The van der Waals surface area contributed by atoms with Crippen LogP contribution in [-0.2, 0) is 11.8 Å². The topological polar surface area (TPSA) is 141 Å². The first-order valence-corrected chi connectivity index (χ1v) is 9.04. The van der Waals surface area contributed by atoms with Gasteiger partial charge >= 0.3 is 5.97 Å². The fraction of sp³-hybridized carbons (Fsp3) is 0.150. The first-order valence-electron chi connectivity index (χ1n) is 9.04. The lowest BCUT2D eigenvalue weighted by molar-refractivity contribution is 0.0592. The van der Waals surface area contributed by atoms with Crippen molar-refractivity contribution in [2.75, 3.05) is 12.4 Å². The predicted molar refractivity (Wildman–Crippen MR) is 109 cm³/mol. The number of pyridine rings is 2. The maximum atomic E-state index is 11.5. The van der Waals surface area contributed by atoms with Crippen molar-refractivity contribution < 1.29 is 14.3 Å². The molecule has 0 aliphatic carbocycles. The van der Waals surface area contributed by atoms with Crippen molar-refractivity contribution in [3.05, 3.63) is 53.7 Å². The first-order chi connectivity index (χ1) is 15.0. The molecule has 0 aliphatic rings. The van der Waals surface area contributed by atoms with E-state index in [1.165, 1.54) is 19.4 Å². The van der Waals surface area contributed by atoms with Crippen LogP contribution in [0.5, 0.6) is 11.6 Å². The number of esters is 1. The van der Waals surface area contributed by atoms with E-state index in [2.05, 4.69) is 35.2 Å². The molecule has 0 aliphatic heterocycles. The van der Waals surface area contributed by atoms with Crippen LogP contribution < -0.4 is 10.1 Å². The highest BCUT2D eigenvalue weighted by molar-refractivity contribution is 5.89. The van der Waals surface area contributed by atoms with Crippen LogP contribution in [0, 0.1) is 18.3 Å². The number of fused-ring (bicyclic) bond motifs is 1. The molecule has 0 fully saturated rings. The number of nitriles is 1. The van der Waals surface area contributed by atoms with E-state index in [0.29, 0.717) is 40.0 Å². The predicted octanol–water partition coefficient (Wildman–Crippen LogP) is 2.66. The normalized spacial score (nSPS) is 10.5. The summed E-state index contributed by atoms with van der Waals surface area (Å²) >= 11 is 0. The Labute approximate surface area is 176 Å². The number of nitrogens with one attached hydrogen (secondary N) is 1. The van der Waals surface area contributed by atoms with Crippen LogP contribution in [0.4, 0.5) is 11.5 Å². The summed E-state index contributed by atoms with van der Waals surface area (Å²) in [6.45, 7) is 1.82. The number of nitrogens with zero attached hydrogens (tertiary/aromatic N) is 7. The molecule has 4 aromatic heterocycles. The van der Waals surface area contributed by atoms with E-state index in [9.17, 15) is 4.79 Å². The number of hydrogen-bond acceptors (Lipinski definition) is 10. The van der Waals surface area contributed by atoms with Crippen LogP contribution in [0.2, 0.25) is 0 Å². The number of anilines is 2. The van der Waals surface area contributed by atoms with Gasteiger partial charge in [-0.2, -0.15) is 10.2 Å². The van der Waals surface area contributed by atoms with E-state index in [0.717, 1.165) is 5.56 Å². The van der Waals surface area contributed by atoms with Gasteiger partial charge in [0.2, 0.25) is 5.88 Å². The molecule has 0 atom stereocenters. The maximum absolute atomic E-state index is 11.5. The Morgan fingerprint density at radius 2 is 2.06 bits per heavy atom. The second-order valence-corrected chi connectivity index (χ2v) is 6.51. The lowest BCUT2D eigenvalue weighted by Gasteiger charge is -2.11. The van der Waals surface area contributed by atoms with E-state index >= 15 is 0 Å². The van der Waals surface area contributed by atoms with Crippen LogP contribution in [0.15, 0.2) is 36.8 Å². The number of methoxy groups -OCH3 is 1. The zero-order valence-corrected chi connectivity index (χ0v) is 16.8. The quantitative estimate of drug-likeness (QED) is 0.483. The van der Waals surface area contributed by atoms with E-state index in [1.54, 1.807) is 29.1 Å². The molecule has 0 amide bonds. The highest BCUT2D eigenvalue weighted by Crippen LogP contribution is 2.30. The number of hydrogen-bond donors (Lipinski definition) is 1. The standard InChI is InChI=1S/C20H16N8O3/c1-11-6-12(8-21)22-9-15(11)31-17-7-14(18-19(25-17)28(2)10-23-18)24-16-5-4-13(26-27-16)20(29)30-3/h4-7,9-10H,1-3H3,(H,24,25,27). The lowest BCUT2D eigenvalue weighted by Crippen LogP contribution is -2.06. The van der Waals surface area contributed by atoms with Crippen LogP contribution in [0.1, 0.15) is 21.7 Å². The third-order valence-corrected chi connectivity index (χ3v) is 4.36. The lowest BCUT2D eigenvalue weighted by atomic mass is 10.2. The molecule has 0 saturated carbocycles. The Morgan fingerprint density at radius 1 is 1.23 bits per heavy atom. The second-order valence-electron chi connectivity index (χ2n) is 6.51. The first kappa shape index (κ1) is 19.7. The smallest absolute Gasteiger partial charge is 0.358 e. The van der Waals surface area contributed by atoms with Gasteiger partial charge in [-0.1, -0.05) is 0 Å². The SMILES string of the molecule is COC(=O)c1ccc(Nc2cc(Oc3cnc(C#N)cc3C)nc3c2ncn3C)nn1. The highest BCUT2D eigenvalue weighted by atomic mass is 16.5. The van der Waals surface area contributed by atoms with Gasteiger partial charge in [0, 0.05) is 13.1 Å². The summed E-state index contributed by atoms with van der Waals surface area (Å²) in [5.74, 6) is 0.596. The molecule has 154 valence electrons. The number of aryl methyl sites for hydroxylation is 2. The van der Waals surface area contributed by atoms with Crippen LogP contribution in [0.3, 0.4) is 0 Å². The summed E-state index contributed by atoms with van der Waals surface area (Å²) in [4.78, 5) is 24.5. The third-order valence-electron chi connectivity index (χ3n) is 4.36. The van der Waals surface area contributed by atoms with E-state index in [1.807, 2.05) is 20.0 Å². The average molecular weight is 416 g/mol. The van der Waals surface area contributed by atoms with Gasteiger partial charge in [-0.05, 0) is 30.7 Å². The average Bonchev–Trinajstić information content (AvgIpc) is 3.16. The fourth-order valence-corrected chi connectivity index (χ4v) is 2.80. The number of carbonyl (C=O) groups is 1. The minimum Gasteiger partial charge on any atom is -0.464 e. The Bertz CT molecular complexity index is 1330. The van der Waals surface area contributed by atoms with Gasteiger partial charge in [-0.25, -0.2) is 14.8 Å². The molecule has 31 heavy (non-hydrogen) atoms. The van der Waals surface area contributed by atoms with Gasteiger partial charge in [0.05, 0.1) is 25.3 Å². The molecule has 0 unspecified atom stereocenters. The van der Waals surface area contributed by atoms with Gasteiger partial charge in [0.15, 0.2) is 22.9 Å². The molecule has 4 heterocycles. The largest absolute Gasteiger partial charge is 0.464 e. The summed E-state index contributed by atoms with van der Waals surface area (Å²) in [5.41, 5.74) is 2.91. The summed E-state index contributed by atoms with van der Waals surface area (Å²) < 4.78 is 12.3. The monoisotopic (exact) mass is 416 g/mol. The molecule has 0 saturated heterocycles. The van der Waals surface area contributed by atoms with Crippen LogP contribution >= 0.6 is 0 Å². The zero-order valence-electron chi connectivity index (χ0n) is 16.8. The summed E-state index contributed by atoms with van der Waals surface area (Å²) in [6, 6.07) is 8.40. The molecule has 0 aromatic carbocycles. The number of ether oxygens (including phenoxy) is 2. The summed E-state index contributed by atoms with van der Waals surface area (Å²) in [5, 5.41) is 20.0. The number of rotatable bonds is 5. The Balaban J connectivity index is 1.69. The minimum atomic E-state index is -0.572.